The first-order chi connectivity index (χ1) is 17.4. The van der Waals surface area contributed by atoms with Crippen molar-refractivity contribution < 1.29 is 13.7 Å². The zero-order valence-electron chi connectivity index (χ0n) is 19.9. The monoisotopic (exact) mass is 482 g/mol. The number of hydrogen-bond acceptors (Lipinski definition) is 8. The molecule has 6 rings (SSSR count). The van der Waals surface area contributed by atoms with Crippen molar-refractivity contribution in [2.24, 2.45) is 4.99 Å². The first-order valence-electron chi connectivity index (χ1n) is 11.9. The molecule has 1 saturated carbocycles. The van der Waals surface area contributed by atoms with Gasteiger partial charge in [-0.05, 0) is 43.2 Å². The minimum absolute atomic E-state index is 0.150. The van der Waals surface area contributed by atoms with Gasteiger partial charge in [0.2, 0.25) is 5.95 Å². The summed E-state index contributed by atoms with van der Waals surface area (Å²) in [5, 5.41) is 4.21. The average molecular weight is 483 g/mol. The van der Waals surface area contributed by atoms with Gasteiger partial charge < -0.3 is 4.52 Å². The maximum Gasteiger partial charge on any atom is 0.222 e. The van der Waals surface area contributed by atoms with Crippen LogP contribution in [0, 0.1) is 5.95 Å². The molecule has 0 spiro atoms. The fourth-order valence-corrected chi connectivity index (χ4v) is 4.37. The van der Waals surface area contributed by atoms with Crippen molar-refractivity contribution in [2.75, 3.05) is 0 Å². The molecule has 8 nitrogen and oxygen atoms in total. The molecule has 5 heterocycles. The third-order valence-electron chi connectivity index (χ3n) is 6.95. The summed E-state index contributed by atoms with van der Waals surface area (Å²) in [6.07, 6.45) is 5.71. The van der Waals surface area contributed by atoms with E-state index >= 15 is 0 Å². The van der Waals surface area contributed by atoms with Crippen molar-refractivity contribution >= 4 is 17.2 Å². The maximum atomic E-state index is 14.0. The number of fused-ring (bicyclic) bond motifs is 1. The van der Waals surface area contributed by atoms with Gasteiger partial charge in [0.25, 0.3) is 0 Å². The number of carbonyl (C=O) groups excluding carboxylic acids is 1. The summed E-state index contributed by atoms with van der Waals surface area (Å²) < 4.78 is 19.6. The third kappa shape index (κ3) is 4.10. The Labute approximate surface area is 206 Å². The van der Waals surface area contributed by atoms with Crippen LogP contribution in [0.3, 0.4) is 0 Å². The quantitative estimate of drug-likeness (QED) is 0.264. The molecular formula is C27H23FN6O2. The molecule has 0 radical (unpaired) electrons. The first-order valence-corrected chi connectivity index (χ1v) is 11.9. The third-order valence-corrected chi connectivity index (χ3v) is 6.95. The highest BCUT2D eigenvalue weighted by Gasteiger charge is 2.41. The number of hydrogen-bond donors (Lipinski definition) is 0. The minimum atomic E-state index is -0.651. The standard InChI is InChI=1S/C27H23FN6O2/c1-15(10-23(35)22-11-18(30-14-31-22)16-4-3-9-29-26(16)28)24-13-21(34-36-24)20-12-19-17(32-20)5-6-25(33-19)27(2)7-8-27/h3-6,9,11,13-15H,7-8,10,12H2,1-2H3/t15-/m0/s1. The highest BCUT2D eigenvalue weighted by Crippen LogP contribution is 2.47. The molecule has 0 N–H and O–H groups in total. The summed E-state index contributed by atoms with van der Waals surface area (Å²) in [7, 11) is 0. The summed E-state index contributed by atoms with van der Waals surface area (Å²) in [6, 6.07) is 10.6. The lowest BCUT2D eigenvalue weighted by Crippen LogP contribution is -2.08. The van der Waals surface area contributed by atoms with E-state index in [0.717, 1.165) is 22.8 Å². The number of halogens is 1. The Bertz CT molecular complexity index is 1520. The molecule has 180 valence electrons. The van der Waals surface area contributed by atoms with Crippen molar-refractivity contribution in [1.82, 2.24) is 25.1 Å². The predicted octanol–water partition coefficient (Wildman–Crippen LogP) is 5.17. The first kappa shape index (κ1) is 22.3. The molecule has 2 aliphatic rings. The molecule has 1 aliphatic heterocycles. The van der Waals surface area contributed by atoms with Crippen LogP contribution < -0.4 is 0 Å². The number of nitrogens with zero attached hydrogens (tertiary/aromatic N) is 6. The fourth-order valence-electron chi connectivity index (χ4n) is 4.37. The Morgan fingerprint density at radius 3 is 2.81 bits per heavy atom. The number of ketones is 1. The number of Topliss-reactive ketones (excluding diaryl/α,β-unsaturated/α-hetero) is 1. The number of carbonyl (C=O) groups is 1. The van der Waals surface area contributed by atoms with Gasteiger partial charge in [-0.25, -0.2) is 19.9 Å². The minimum Gasteiger partial charge on any atom is -0.360 e. The molecule has 0 aromatic carbocycles. The summed E-state index contributed by atoms with van der Waals surface area (Å²) in [4.78, 5) is 34.3. The SMILES string of the molecule is C[C@@H](CC(=O)c1cc(-c2cccnc2F)ncn1)c1cc(C2=Nc3ccc(C4(C)CC4)nc3C2)no1. The van der Waals surface area contributed by atoms with Crippen LogP contribution in [-0.2, 0) is 11.8 Å². The second-order valence-corrected chi connectivity index (χ2v) is 9.73. The Hall–Kier alpha value is -4.14. The smallest absolute Gasteiger partial charge is 0.222 e. The lowest BCUT2D eigenvalue weighted by molar-refractivity contribution is 0.0966. The van der Waals surface area contributed by atoms with E-state index in [-0.39, 0.29) is 34.8 Å². The van der Waals surface area contributed by atoms with E-state index in [9.17, 15) is 9.18 Å². The molecule has 4 aromatic heterocycles. The average Bonchev–Trinajstić information content (AvgIpc) is 3.29. The fraction of sp³-hybridized carbons (Fsp3) is 0.296. The molecule has 9 heteroatoms. The molecule has 1 fully saturated rings. The van der Waals surface area contributed by atoms with Crippen molar-refractivity contribution in [3.63, 3.8) is 0 Å². The summed E-state index contributed by atoms with van der Waals surface area (Å²) in [5.41, 5.74) is 5.36. The van der Waals surface area contributed by atoms with E-state index in [4.69, 9.17) is 14.5 Å². The van der Waals surface area contributed by atoms with Crippen LogP contribution in [-0.4, -0.2) is 36.6 Å². The van der Waals surface area contributed by atoms with Crippen LogP contribution in [0.2, 0.25) is 0 Å². The molecule has 1 atom stereocenters. The Balaban J connectivity index is 1.15. The molecule has 0 bridgehead atoms. The highest BCUT2D eigenvalue weighted by atomic mass is 19.1. The normalized spacial score (nSPS) is 16.4. The van der Waals surface area contributed by atoms with E-state index in [1.165, 1.54) is 31.4 Å². The van der Waals surface area contributed by atoms with Crippen molar-refractivity contribution in [3.05, 3.63) is 83.4 Å². The molecule has 36 heavy (non-hydrogen) atoms. The van der Waals surface area contributed by atoms with Gasteiger partial charge in [-0.1, -0.05) is 19.0 Å². The van der Waals surface area contributed by atoms with Crippen LogP contribution in [0.5, 0.6) is 0 Å². The van der Waals surface area contributed by atoms with E-state index in [2.05, 4.69) is 33.1 Å². The Morgan fingerprint density at radius 1 is 1.14 bits per heavy atom. The van der Waals surface area contributed by atoms with E-state index in [0.29, 0.717) is 23.6 Å². The van der Waals surface area contributed by atoms with Gasteiger partial charge in [-0.15, -0.1) is 0 Å². The van der Waals surface area contributed by atoms with Gasteiger partial charge in [-0.3, -0.25) is 9.78 Å². The van der Waals surface area contributed by atoms with Gasteiger partial charge in [0.15, 0.2) is 5.78 Å². The van der Waals surface area contributed by atoms with E-state index in [1.807, 2.05) is 19.1 Å². The zero-order chi connectivity index (χ0) is 24.9. The molecule has 0 unspecified atom stereocenters. The van der Waals surface area contributed by atoms with Gasteiger partial charge in [0, 0.05) is 42.1 Å². The van der Waals surface area contributed by atoms with E-state index < -0.39 is 5.95 Å². The van der Waals surface area contributed by atoms with Crippen LogP contribution in [0.25, 0.3) is 11.3 Å². The number of aromatic nitrogens is 5. The second kappa shape index (κ2) is 8.51. The van der Waals surface area contributed by atoms with Crippen LogP contribution in [0.15, 0.2) is 58.4 Å². The Morgan fingerprint density at radius 2 is 2.00 bits per heavy atom. The lowest BCUT2D eigenvalue weighted by Gasteiger charge is -2.08. The largest absolute Gasteiger partial charge is 0.360 e. The van der Waals surface area contributed by atoms with Gasteiger partial charge >= 0.3 is 0 Å². The topological polar surface area (TPSA) is 107 Å². The molecule has 4 aromatic rings. The summed E-state index contributed by atoms with van der Waals surface area (Å²) in [5.74, 6) is -0.508. The van der Waals surface area contributed by atoms with Crippen molar-refractivity contribution in [3.8, 4) is 11.3 Å². The molecule has 0 saturated heterocycles. The molecule has 0 amide bonds. The maximum absolute atomic E-state index is 14.0. The van der Waals surface area contributed by atoms with Crippen LogP contribution >= 0.6 is 0 Å². The van der Waals surface area contributed by atoms with E-state index in [1.54, 1.807) is 12.1 Å². The molecular weight excluding hydrogens is 459 g/mol. The summed E-state index contributed by atoms with van der Waals surface area (Å²) in [6.45, 7) is 4.13. The summed E-state index contributed by atoms with van der Waals surface area (Å²) >= 11 is 0. The molecule has 1 aliphatic carbocycles. The lowest BCUT2D eigenvalue weighted by atomic mass is 9.99. The zero-order valence-corrected chi connectivity index (χ0v) is 19.9. The van der Waals surface area contributed by atoms with Gasteiger partial charge in [0.1, 0.15) is 23.5 Å². The van der Waals surface area contributed by atoms with Gasteiger partial charge in [0.05, 0.1) is 28.4 Å². The van der Waals surface area contributed by atoms with Crippen LogP contribution in [0.1, 0.15) is 72.4 Å². The predicted molar refractivity (Wildman–Crippen MR) is 130 cm³/mol. The number of rotatable bonds is 7. The van der Waals surface area contributed by atoms with Crippen LogP contribution in [0.4, 0.5) is 10.1 Å². The number of aliphatic imine (C=N–C) groups is 1. The van der Waals surface area contributed by atoms with Crippen molar-refractivity contribution in [1.29, 1.82) is 0 Å². The van der Waals surface area contributed by atoms with Gasteiger partial charge in [-0.2, -0.15) is 4.39 Å². The second-order valence-electron chi connectivity index (χ2n) is 9.73. The highest BCUT2D eigenvalue weighted by molar-refractivity contribution is 6.04. The van der Waals surface area contributed by atoms with Crippen molar-refractivity contribution in [2.45, 2.75) is 50.9 Å². The Kier molecular flexibility index (Phi) is 5.28. The number of pyridine rings is 2.